The Balaban J connectivity index is 2.56. The molecule has 2 nitrogen and oxygen atoms in total. The number of halogens is 1. The molecule has 124 valence electrons. The van der Waals surface area contributed by atoms with E-state index in [2.05, 4.69) is 56.5 Å². The quantitative estimate of drug-likeness (QED) is 0.312. The van der Waals surface area contributed by atoms with Crippen molar-refractivity contribution in [1.82, 2.24) is 0 Å². The minimum Gasteiger partial charge on any atom is -0.417 e. The largest absolute Gasteiger partial charge is 0.417 e. The van der Waals surface area contributed by atoms with Crippen LogP contribution >= 0.6 is 22.6 Å². The molecule has 0 aliphatic carbocycles. The van der Waals surface area contributed by atoms with Gasteiger partial charge in [-0.3, -0.25) is 0 Å². The molecule has 0 aromatic heterocycles. The number of hydrogen-bond donors (Lipinski definition) is 0. The summed E-state index contributed by atoms with van der Waals surface area (Å²) in [5, 5.41) is 0.231. The third-order valence-corrected chi connectivity index (χ3v) is 11.5. The van der Waals surface area contributed by atoms with Crippen LogP contribution in [-0.2, 0) is 15.2 Å². The molecule has 0 aliphatic rings. The molecule has 0 N–H and O–H groups in total. The highest BCUT2D eigenvalue weighted by molar-refractivity contribution is 14.1. The van der Waals surface area contributed by atoms with E-state index in [0.29, 0.717) is 6.61 Å². The van der Waals surface area contributed by atoms with E-state index in [1.165, 1.54) is 5.56 Å². The molecule has 0 bridgehead atoms. The normalized spacial score (nSPS) is 15.0. The van der Waals surface area contributed by atoms with Crippen LogP contribution in [-0.4, -0.2) is 19.1 Å². The molecule has 0 radical (unpaired) electrons. The van der Waals surface area contributed by atoms with Crippen molar-refractivity contribution in [2.24, 2.45) is 0 Å². The lowest BCUT2D eigenvalue weighted by Gasteiger charge is -2.36. The van der Waals surface area contributed by atoms with Crippen LogP contribution in [0.15, 0.2) is 38.1 Å². The maximum atomic E-state index is 12.4. The van der Waals surface area contributed by atoms with Crippen molar-refractivity contribution in [2.75, 3.05) is 6.61 Å². The minimum absolute atomic E-state index is 0.231. The molecule has 22 heavy (non-hydrogen) atoms. The SMILES string of the molecule is Cc1ccc([S@](=O)/C(I)=C\CCO[Si](C)(C)C(C)(C)C)cc1. The average molecular weight is 450 g/mol. The highest BCUT2D eigenvalue weighted by atomic mass is 127. The number of benzene rings is 1. The highest BCUT2D eigenvalue weighted by Gasteiger charge is 2.36. The van der Waals surface area contributed by atoms with Crippen molar-refractivity contribution in [3.8, 4) is 0 Å². The van der Waals surface area contributed by atoms with Gasteiger partial charge in [0.25, 0.3) is 0 Å². The lowest BCUT2D eigenvalue weighted by Crippen LogP contribution is -2.40. The summed E-state index contributed by atoms with van der Waals surface area (Å²) in [7, 11) is -2.76. The minimum atomic E-state index is -1.68. The van der Waals surface area contributed by atoms with Crippen molar-refractivity contribution < 1.29 is 8.63 Å². The summed E-state index contributed by atoms with van der Waals surface area (Å²) in [6.07, 6.45) is 2.84. The molecule has 1 rings (SSSR count). The van der Waals surface area contributed by atoms with E-state index in [9.17, 15) is 4.21 Å². The second-order valence-electron chi connectivity index (χ2n) is 6.99. The molecule has 1 aromatic rings. The molecule has 1 aromatic carbocycles. The molecule has 0 aliphatic heterocycles. The third-order valence-electron chi connectivity index (χ3n) is 4.10. The van der Waals surface area contributed by atoms with Gasteiger partial charge in [-0.05, 0) is 66.2 Å². The molecule has 0 saturated heterocycles. The van der Waals surface area contributed by atoms with Gasteiger partial charge in [0.2, 0.25) is 0 Å². The van der Waals surface area contributed by atoms with E-state index < -0.39 is 19.1 Å². The van der Waals surface area contributed by atoms with Gasteiger partial charge in [0.1, 0.15) is 0 Å². The Morgan fingerprint density at radius 3 is 2.32 bits per heavy atom. The summed E-state index contributed by atoms with van der Waals surface area (Å²) in [4.78, 5) is 0.858. The molecule has 0 heterocycles. The summed E-state index contributed by atoms with van der Waals surface area (Å²) < 4.78 is 19.4. The van der Waals surface area contributed by atoms with Crippen molar-refractivity contribution in [2.45, 2.75) is 57.1 Å². The van der Waals surface area contributed by atoms with Gasteiger partial charge < -0.3 is 4.43 Å². The molecular weight excluding hydrogens is 423 g/mol. The average Bonchev–Trinajstić information content (AvgIpc) is 2.42. The molecule has 0 fully saturated rings. The lowest BCUT2D eigenvalue weighted by atomic mass is 10.2. The summed E-state index contributed by atoms with van der Waals surface area (Å²) >= 11 is 2.17. The predicted octanol–water partition coefficient (Wildman–Crippen LogP) is 5.79. The maximum absolute atomic E-state index is 12.4. The van der Waals surface area contributed by atoms with E-state index in [1.54, 1.807) is 0 Å². The van der Waals surface area contributed by atoms with Crippen LogP contribution in [0.4, 0.5) is 0 Å². The van der Waals surface area contributed by atoms with Gasteiger partial charge in [0, 0.05) is 11.5 Å². The topological polar surface area (TPSA) is 26.3 Å². The molecule has 5 heteroatoms. The Labute approximate surface area is 152 Å². The first-order valence-electron chi connectivity index (χ1n) is 7.52. The van der Waals surface area contributed by atoms with Gasteiger partial charge >= 0.3 is 0 Å². The van der Waals surface area contributed by atoms with Crippen molar-refractivity contribution in [3.05, 3.63) is 38.8 Å². The van der Waals surface area contributed by atoms with E-state index in [-0.39, 0.29) is 5.04 Å². The first-order valence-corrected chi connectivity index (χ1v) is 12.7. The van der Waals surface area contributed by atoms with Gasteiger partial charge in [-0.15, -0.1) is 0 Å². The molecule has 1 atom stereocenters. The molecule has 0 amide bonds. The van der Waals surface area contributed by atoms with Gasteiger partial charge in [-0.1, -0.05) is 44.5 Å². The van der Waals surface area contributed by atoms with Crippen LogP contribution < -0.4 is 0 Å². The Morgan fingerprint density at radius 2 is 1.82 bits per heavy atom. The summed E-state index contributed by atoms with van der Waals surface area (Å²) in [5.41, 5.74) is 1.18. The fourth-order valence-electron chi connectivity index (χ4n) is 1.55. The van der Waals surface area contributed by atoms with Crippen molar-refractivity contribution in [3.63, 3.8) is 0 Å². The third kappa shape index (κ3) is 5.90. The Morgan fingerprint density at radius 1 is 1.27 bits per heavy atom. The molecular formula is C17H27IO2SSi. The molecule has 0 saturated carbocycles. The fraction of sp³-hybridized carbons (Fsp3) is 0.529. The van der Waals surface area contributed by atoms with Gasteiger partial charge in [-0.25, -0.2) is 4.21 Å². The van der Waals surface area contributed by atoms with Crippen LogP contribution in [0.1, 0.15) is 32.8 Å². The van der Waals surface area contributed by atoms with Gasteiger partial charge in [-0.2, -0.15) is 0 Å². The first-order chi connectivity index (χ1) is 10.0. The van der Waals surface area contributed by atoms with E-state index in [4.69, 9.17) is 4.43 Å². The van der Waals surface area contributed by atoms with E-state index in [1.807, 2.05) is 37.3 Å². The standard InChI is InChI=1S/C17H27IO2SSi/c1-14-9-11-15(12-10-14)21(19)16(18)8-7-13-20-22(5,6)17(2,3)4/h8-12H,7,13H2,1-6H3/b16-8-/t21-/m0/s1. The fourth-order valence-corrected chi connectivity index (χ4v) is 4.57. The van der Waals surface area contributed by atoms with Gasteiger partial charge in [0.15, 0.2) is 8.32 Å². The zero-order chi connectivity index (χ0) is 17.0. The Bertz CT molecular complexity index is 545. The second-order valence-corrected chi connectivity index (χ2v) is 15.1. The lowest BCUT2D eigenvalue weighted by molar-refractivity contribution is 0.294. The number of rotatable bonds is 6. The van der Waals surface area contributed by atoms with Gasteiger partial charge in [0.05, 0.1) is 13.7 Å². The number of aryl methyl sites for hydroxylation is 1. The van der Waals surface area contributed by atoms with Crippen LogP contribution in [0.5, 0.6) is 0 Å². The van der Waals surface area contributed by atoms with E-state index >= 15 is 0 Å². The Hall–Kier alpha value is 0.0169. The first kappa shape index (κ1) is 20.1. The predicted molar refractivity (Wildman–Crippen MR) is 107 cm³/mol. The van der Waals surface area contributed by atoms with Crippen LogP contribution in [0.25, 0.3) is 0 Å². The zero-order valence-corrected chi connectivity index (χ0v) is 18.4. The van der Waals surface area contributed by atoms with Crippen molar-refractivity contribution >= 4 is 41.7 Å². The Kier molecular flexibility index (Phi) is 7.49. The number of hydrogen-bond acceptors (Lipinski definition) is 2. The zero-order valence-electron chi connectivity index (χ0n) is 14.4. The highest BCUT2D eigenvalue weighted by Crippen LogP contribution is 2.36. The van der Waals surface area contributed by atoms with E-state index in [0.717, 1.165) is 14.2 Å². The monoisotopic (exact) mass is 450 g/mol. The van der Waals surface area contributed by atoms with Crippen LogP contribution in [0.3, 0.4) is 0 Å². The summed E-state index contributed by atoms with van der Waals surface area (Å²) in [6, 6.07) is 7.86. The molecule has 0 unspecified atom stereocenters. The second kappa shape index (κ2) is 8.21. The smallest absolute Gasteiger partial charge is 0.191 e. The maximum Gasteiger partial charge on any atom is 0.191 e. The van der Waals surface area contributed by atoms with Crippen molar-refractivity contribution in [1.29, 1.82) is 0 Å². The summed E-state index contributed by atoms with van der Waals surface area (Å²) in [5.74, 6) is 0. The van der Waals surface area contributed by atoms with Crippen LogP contribution in [0, 0.1) is 6.92 Å². The molecule has 0 spiro atoms. The van der Waals surface area contributed by atoms with Crippen LogP contribution in [0.2, 0.25) is 18.1 Å². The summed E-state index contributed by atoms with van der Waals surface area (Å²) in [6.45, 7) is 14.0.